The van der Waals surface area contributed by atoms with Gasteiger partial charge in [-0.25, -0.2) is 4.99 Å². The molecule has 146 valence electrons. The summed E-state index contributed by atoms with van der Waals surface area (Å²) in [5, 5.41) is 5.96. The second-order valence-electron chi connectivity index (χ2n) is 6.05. The zero-order valence-electron chi connectivity index (χ0n) is 15.9. The summed E-state index contributed by atoms with van der Waals surface area (Å²) in [6, 6.07) is 15.0. The molecule has 0 bridgehead atoms. The Bertz CT molecular complexity index is 763. The number of guanidine groups is 1. The summed E-state index contributed by atoms with van der Waals surface area (Å²) in [6.07, 6.45) is 0.809. The Hall–Kier alpha value is -2.29. The molecule has 0 spiro atoms. The molecular weight excluding hydrogens is 455 g/mol. The van der Waals surface area contributed by atoms with Gasteiger partial charge >= 0.3 is 0 Å². The summed E-state index contributed by atoms with van der Waals surface area (Å²) in [7, 11) is 1.62. The molecule has 0 aliphatic heterocycles. The number of rotatable bonds is 7. The predicted molar refractivity (Wildman–Crippen MR) is 122 cm³/mol. The molecule has 1 amide bonds. The van der Waals surface area contributed by atoms with Gasteiger partial charge in [-0.2, -0.15) is 0 Å². The Labute approximate surface area is 177 Å². The minimum absolute atomic E-state index is 0. The number of ether oxygens (including phenoxy) is 1. The number of hydrogen-bond donors (Lipinski definition) is 3. The summed E-state index contributed by atoms with van der Waals surface area (Å²) >= 11 is 0. The average molecular weight is 482 g/mol. The third-order valence-electron chi connectivity index (χ3n) is 4.05. The van der Waals surface area contributed by atoms with Gasteiger partial charge in [0.2, 0.25) is 5.91 Å². The van der Waals surface area contributed by atoms with E-state index >= 15 is 0 Å². The van der Waals surface area contributed by atoms with Crippen LogP contribution in [0.3, 0.4) is 0 Å². The molecule has 1 unspecified atom stereocenters. The van der Waals surface area contributed by atoms with Gasteiger partial charge in [0.05, 0.1) is 13.7 Å². The van der Waals surface area contributed by atoms with Crippen LogP contribution in [0.25, 0.3) is 0 Å². The maximum absolute atomic E-state index is 12.0. The lowest BCUT2D eigenvalue weighted by molar-refractivity contribution is -0.119. The highest BCUT2D eigenvalue weighted by Crippen LogP contribution is 2.16. The molecule has 0 heterocycles. The monoisotopic (exact) mass is 482 g/mol. The molecule has 7 heteroatoms. The molecule has 2 aromatic rings. The summed E-state index contributed by atoms with van der Waals surface area (Å²) in [5.74, 6) is 1.11. The third kappa shape index (κ3) is 7.46. The highest BCUT2D eigenvalue weighted by molar-refractivity contribution is 14.0. The molecule has 0 aliphatic carbocycles. The predicted octanol–water partition coefficient (Wildman–Crippen LogP) is 4.22. The Morgan fingerprint density at radius 2 is 1.85 bits per heavy atom. The van der Waals surface area contributed by atoms with Crippen molar-refractivity contribution in [1.29, 1.82) is 0 Å². The van der Waals surface area contributed by atoms with Crippen LogP contribution in [-0.2, 0) is 11.3 Å². The first kappa shape index (κ1) is 22.8. The Balaban J connectivity index is 0.00000364. The lowest BCUT2D eigenvalue weighted by atomic mass is 10.1. The number of aliphatic imine (C=N–C) groups is 1. The van der Waals surface area contributed by atoms with E-state index < -0.39 is 0 Å². The topological polar surface area (TPSA) is 88.7 Å². The first-order valence-electron chi connectivity index (χ1n) is 8.62. The number of benzene rings is 2. The van der Waals surface area contributed by atoms with Crippen LogP contribution in [0.15, 0.2) is 53.5 Å². The quantitative estimate of drug-likeness (QED) is 0.313. The SMILES string of the molecule is CCC(C)C(=O)Nc1cccc(CN=C(N)Nc2ccc(OC)cc2)c1.I. The van der Waals surface area contributed by atoms with Crippen molar-refractivity contribution in [2.45, 2.75) is 26.8 Å². The molecule has 0 aliphatic rings. The van der Waals surface area contributed by atoms with Crippen LogP contribution < -0.4 is 21.1 Å². The minimum Gasteiger partial charge on any atom is -0.497 e. The minimum atomic E-state index is -0.0129. The smallest absolute Gasteiger partial charge is 0.227 e. The third-order valence-corrected chi connectivity index (χ3v) is 4.05. The highest BCUT2D eigenvalue weighted by Gasteiger charge is 2.10. The molecule has 0 radical (unpaired) electrons. The largest absolute Gasteiger partial charge is 0.497 e. The van der Waals surface area contributed by atoms with Crippen molar-refractivity contribution in [3.63, 3.8) is 0 Å². The lowest BCUT2D eigenvalue weighted by Crippen LogP contribution is -2.22. The van der Waals surface area contributed by atoms with Crippen molar-refractivity contribution in [3.05, 3.63) is 54.1 Å². The number of hydrogen-bond acceptors (Lipinski definition) is 3. The summed E-state index contributed by atoms with van der Waals surface area (Å²) in [5.41, 5.74) is 8.51. The molecule has 2 aromatic carbocycles. The zero-order valence-corrected chi connectivity index (χ0v) is 18.2. The van der Waals surface area contributed by atoms with E-state index in [-0.39, 0.29) is 35.8 Å². The van der Waals surface area contributed by atoms with E-state index in [0.29, 0.717) is 12.5 Å². The van der Waals surface area contributed by atoms with Crippen molar-refractivity contribution in [2.75, 3.05) is 17.7 Å². The van der Waals surface area contributed by atoms with E-state index in [1.54, 1.807) is 7.11 Å². The number of halogens is 1. The van der Waals surface area contributed by atoms with Crippen molar-refractivity contribution in [1.82, 2.24) is 0 Å². The van der Waals surface area contributed by atoms with Gasteiger partial charge < -0.3 is 21.1 Å². The summed E-state index contributed by atoms with van der Waals surface area (Å²) in [6.45, 7) is 4.32. The second-order valence-corrected chi connectivity index (χ2v) is 6.05. The number of carbonyl (C=O) groups excluding carboxylic acids is 1. The van der Waals surface area contributed by atoms with Crippen LogP contribution in [0, 0.1) is 5.92 Å². The molecule has 0 saturated heterocycles. The van der Waals surface area contributed by atoms with Gasteiger partial charge in [0, 0.05) is 17.3 Å². The van der Waals surface area contributed by atoms with Gasteiger partial charge in [-0.3, -0.25) is 4.79 Å². The molecule has 2 rings (SSSR count). The van der Waals surface area contributed by atoms with Crippen LogP contribution in [0.2, 0.25) is 0 Å². The number of amides is 1. The molecule has 6 nitrogen and oxygen atoms in total. The molecule has 4 N–H and O–H groups in total. The van der Waals surface area contributed by atoms with E-state index in [2.05, 4.69) is 15.6 Å². The number of methoxy groups -OCH3 is 1. The summed E-state index contributed by atoms with van der Waals surface area (Å²) < 4.78 is 5.12. The maximum Gasteiger partial charge on any atom is 0.227 e. The van der Waals surface area contributed by atoms with E-state index in [0.717, 1.165) is 29.1 Å². The van der Waals surface area contributed by atoms with E-state index in [9.17, 15) is 4.79 Å². The average Bonchev–Trinajstić information content (AvgIpc) is 2.66. The molecule has 0 saturated carbocycles. The lowest BCUT2D eigenvalue weighted by Gasteiger charge is -2.11. The fourth-order valence-electron chi connectivity index (χ4n) is 2.24. The first-order chi connectivity index (χ1) is 12.5. The normalized spacial score (nSPS) is 11.9. The number of carbonyl (C=O) groups is 1. The van der Waals surface area contributed by atoms with Crippen molar-refractivity contribution in [3.8, 4) is 5.75 Å². The van der Waals surface area contributed by atoms with E-state index in [4.69, 9.17) is 10.5 Å². The molecule has 0 aromatic heterocycles. The summed E-state index contributed by atoms with van der Waals surface area (Å²) in [4.78, 5) is 16.3. The van der Waals surface area contributed by atoms with Gasteiger partial charge in [0.15, 0.2) is 5.96 Å². The Morgan fingerprint density at radius 1 is 1.15 bits per heavy atom. The Kier molecular flexibility index (Phi) is 9.63. The maximum atomic E-state index is 12.0. The highest BCUT2D eigenvalue weighted by atomic mass is 127. The number of nitrogens with zero attached hydrogens (tertiary/aromatic N) is 1. The van der Waals surface area contributed by atoms with Crippen LogP contribution in [0.4, 0.5) is 11.4 Å². The van der Waals surface area contributed by atoms with Gasteiger partial charge in [-0.1, -0.05) is 26.0 Å². The van der Waals surface area contributed by atoms with Crippen LogP contribution in [0.1, 0.15) is 25.8 Å². The van der Waals surface area contributed by atoms with Gasteiger partial charge in [0.1, 0.15) is 5.75 Å². The van der Waals surface area contributed by atoms with E-state index in [1.165, 1.54) is 0 Å². The van der Waals surface area contributed by atoms with E-state index in [1.807, 2.05) is 62.4 Å². The van der Waals surface area contributed by atoms with Gasteiger partial charge in [0.25, 0.3) is 0 Å². The fraction of sp³-hybridized carbons (Fsp3) is 0.300. The van der Waals surface area contributed by atoms with Crippen molar-refractivity contribution < 1.29 is 9.53 Å². The van der Waals surface area contributed by atoms with Crippen LogP contribution in [-0.4, -0.2) is 19.0 Å². The molecular formula is C20H27IN4O2. The van der Waals surface area contributed by atoms with Crippen LogP contribution >= 0.6 is 24.0 Å². The fourth-order valence-corrected chi connectivity index (χ4v) is 2.24. The van der Waals surface area contributed by atoms with Gasteiger partial charge in [-0.15, -0.1) is 24.0 Å². The second kappa shape index (κ2) is 11.4. The number of anilines is 2. The van der Waals surface area contributed by atoms with Crippen LogP contribution in [0.5, 0.6) is 5.75 Å². The van der Waals surface area contributed by atoms with Crippen molar-refractivity contribution in [2.24, 2.45) is 16.6 Å². The first-order valence-corrected chi connectivity index (χ1v) is 8.62. The van der Waals surface area contributed by atoms with Gasteiger partial charge in [-0.05, 0) is 48.4 Å². The van der Waals surface area contributed by atoms with Crippen molar-refractivity contribution >= 4 is 47.2 Å². The standard InChI is InChI=1S/C20H26N4O2.HI/c1-4-14(2)19(25)23-17-7-5-6-15(12-17)13-22-20(21)24-16-8-10-18(26-3)11-9-16;/h5-12,14H,4,13H2,1-3H3,(H,23,25)(H3,21,22,24);1H. The molecule has 27 heavy (non-hydrogen) atoms. The zero-order chi connectivity index (χ0) is 18.9. The Morgan fingerprint density at radius 3 is 2.48 bits per heavy atom. The molecule has 1 atom stereocenters. The molecule has 0 fully saturated rings. The number of nitrogens with one attached hydrogen (secondary N) is 2. The number of nitrogens with two attached hydrogens (primary N) is 1.